The number of benzene rings is 2. The van der Waals surface area contributed by atoms with Crippen LogP contribution in [0.5, 0.6) is 0 Å². The molecule has 7 heteroatoms. The molecule has 0 aliphatic carbocycles. The van der Waals surface area contributed by atoms with E-state index < -0.39 is 0 Å². The Bertz CT molecular complexity index is 1350. The zero-order valence-electron chi connectivity index (χ0n) is 15.8. The first-order valence-electron chi connectivity index (χ1n) is 9.31. The maximum absolute atomic E-state index is 12.7. The second-order valence-electron chi connectivity index (χ2n) is 6.88. The number of aromatic nitrogens is 5. The van der Waals surface area contributed by atoms with Gasteiger partial charge in [0, 0.05) is 18.0 Å². The van der Waals surface area contributed by atoms with Gasteiger partial charge in [-0.2, -0.15) is 0 Å². The number of carbonyl (C=O) groups excluding carboxylic acids is 1. The van der Waals surface area contributed by atoms with E-state index in [0.717, 1.165) is 33.5 Å². The number of rotatable bonds is 4. The molecule has 5 aromatic rings. The Hall–Kier alpha value is -4.00. The maximum Gasteiger partial charge on any atom is 0.246 e. The van der Waals surface area contributed by atoms with Gasteiger partial charge in [-0.05, 0) is 36.8 Å². The van der Waals surface area contributed by atoms with Gasteiger partial charge in [0.25, 0.3) is 0 Å². The predicted molar refractivity (Wildman–Crippen MR) is 112 cm³/mol. The van der Waals surface area contributed by atoms with Crippen LogP contribution in [-0.2, 0) is 11.3 Å². The molecule has 142 valence electrons. The van der Waals surface area contributed by atoms with Crippen LogP contribution >= 0.6 is 0 Å². The van der Waals surface area contributed by atoms with E-state index in [2.05, 4.69) is 15.6 Å². The molecule has 0 aliphatic rings. The Morgan fingerprint density at radius 1 is 1.03 bits per heavy atom. The number of nitrogens with one attached hydrogen (secondary N) is 1. The lowest BCUT2D eigenvalue weighted by Gasteiger charge is -2.09. The van der Waals surface area contributed by atoms with E-state index in [4.69, 9.17) is 4.98 Å². The summed E-state index contributed by atoms with van der Waals surface area (Å²) in [5.74, 6) is -0.173. The molecule has 7 nitrogen and oxygen atoms in total. The van der Waals surface area contributed by atoms with Crippen LogP contribution in [0.15, 0.2) is 73.1 Å². The van der Waals surface area contributed by atoms with Crippen LogP contribution in [0.2, 0.25) is 0 Å². The fourth-order valence-electron chi connectivity index (χ4n) is 3.46. The van der Waals surface area contributed by atoms with Gasteiger partial charge in [0.2, 0.25) is 5.91 Å². The number of nitrogens with zero attached hydrogens (tertiary/aromatic N) is 5. The smallest absolute Gasteiger partial charge is 0.246 e. The van der Waals surface area contributed by atoms with Crippen molar-refractivity contribution in [1.29, 1.82) is 0 Å². The molecule has 0 fully saturated rings. The SMILES string of the molecule is Cc1cccn2cc(-c3ccccc3NC(=O)Cn3nnc4ccccc43)nc12. The molecule has 0 aliphatic heterocycles. The molecule has 0 saturated carbocycles. The summed E-state index contributed by atoms with van der Waals surface area (Å²) in [6, 6.07) is 19.3. The van der Waals surface area contributed by atoms with Gasteiger partial charge >= 0.3 is 0 Å². The zero-order chi connectivity index (χ0) is 19.8. The summed E-state index contributed by atoms with van der Waals surface area (Å²) >= 11 is 0. The van der Waals surface area contributed by atoms with E-state index in [1.807, 2.05) is 84.4 Å². The molecule has 0 saturated heterocycles. The molecule has 0 atom stereocenters. The number of para-hydroxylation sites is 2. The van der Waals surface area contributed by atoms with E-state index in [1.54, 1.807) is 4.68 Å². The monoisotopic (exact) mass is 382 g/mol. The van der Waals surface area contributed by atoms with Crippen molar-refractivity contribution < 1.29 is 4.79 Å². The highest BCUT2D eigenvalue weighted by Crippen LogP contribution is 2.28. The van der Waals surface area contributed by atoms with Crippen LogP contribution in [0.4, 0.5) is 5.69 Å². The second kappa shape index (κ2) is 6.87. The van der Waals surface area contributed by atoms with Crippen LogP contribution < -0.4 is 5.32 Å². The van der Waals surface area contributed by atoms with E-state index in [9.17, 15) is 4.79 Å². The van der Waals surface area contributed by atoms with Gasteiger partial charge in [0.05, 0.1) is 16.9 Å². The van der Waals surface area contributed by atoms with Crippen molar-refractivity contribution in [3.8, 4) is 11.3 Å². The molecule has 3 heterocycles. The van der Waals surface area contributed by atoms with Gasteiger partial charge < -0.3 is 9.72 Å². The van der Waals surface area contributed by atoms with Gasteiger partial charge in [0.15, 0.2) is 0 Å². The van der Waals surface area contributed by atoms with E-state index in [0.29, 0.717) is 5.69 Å². The molecule has 2 aromatic carbocycles. The summed E-state index contributed by atoms with van der Waals surface area (Å²) < 4.78 is 3.59. The normalized spacial score (nSPS) is 11.2. The molecule has 0 spiro atoms. The van der Waals surface area contributed by atoms with Gasteiger partial charge in [-0.15, -0.1) is 5.10 Å². The molecule has 5 rings (SSSR count). The predicted octanol–water partition coefficient (Wildman–Crippen LogP) is 3.69. The Morgan fingerprint density at radius 2 is 1.86 bits per heavy atom. The fraction of sp³-hybridized carbons (Fsp3) is 0.0909. The van der Waals surface area contributed by atoms with Crippen molar-refractivity contribution >= 4 is 28.3 Å². The Morgan fingerprint density at radius 3 is 2.76 bits per heavy atom. The minimum atomic E-state index is -0.173. The van der Waals surface area contributed by atoms with Crippen LogP contribution in [0.3, 0.4) is 0 Å². The summed E-state index contributed by atoms with van der Waals surface area (Å²) in [6.07, 6.45) is 3.94. The molecule has 3 aromatic heterocycles. The number of hydrogen-bond acceptors (Lipinski definition) is 4. The van der Waals surface area contributed by atoms with E-state index >= 15 is 0 Å². The van der Waals surface area contributed by atoms with Crippen LogP contribution in [0.25, 0.3) is 27.9 Å². The zero-order valence-corrected chi connectivity index (χ0v) is 15.8. The van der Waals surface area contributed by atoms with Crippen LogP contribution in [0.1, 0.15) is 5.56 Å². The van der Waals surface area contributed by atoms with Crippen molar-refractivity contribution in [3.63, 3.8) is 0 Å². The number of aryl methyl sites for hydroxylation is 1. The Kier molecular flexibility index (Phi) is 4.05. The van der Waals surface area contributed by atoms with Crippen LogP contribution in [-0.4, -0.2) is 30.3 Å². The number of imidazole rings is 1. The number of amides is 1. The van der Waals surface area contributed by atoms with Gasteiger partial charge in [0.1, 0.15) is 17.7 Å². The largest absolute Gasteiger partial charge is 0.324 e. The maximum atomic E-state index is 12.7. The number of fused-ring (bicyclic) bond motifs is 2. The van der Waals surface area contributed by atoms with Crippen molar-refractivity contribution in [3.05, 3.63) is 78.6 Å². The highest BCUT2D eigenvalue weighted by atomic mass is 16.2. The molecule has 0 unspecified atom stereocenters. The standard InChI is InChI=1S/C22H18N6O/c1-15-7-6-12-27-13-19(24-22(15)27)16-8-2-3-9-17(16)23-21(29)14-28-20-11-5-4-10-18(20)25-26-28/h2-13H,14H2,1H3,(H,23,29). The summed E-state index contributed by atoms with van der Waals surface area (Å²) in [5, 5.41) is 11.2. The molecule has 1 amide bonds. The quantitative estimate of drug-likeness (QED) is 0.514. The average Bonchev–Trinajstić information content (AvgIpc) is 3.34. The van der Waals surface area contributed by atoms with Crippen molar-refractivity contribution in [1.82, 2.24) is 24.4 Å². The topological polar surface area (TPSA) is 77.1 Å². The Labute approximate surface area is 166 Å². The molecule has 1 N–H and O–H groups in total. The van der Waals surface area contributed by atoms with Gasteiger partial charge in [-0.25, -0.2) is 9.67 Å². The summed E-state index contributed by atoms with van der Waals surface area (Å²) in [4.78, 5) is 17.5. The minimum absolute atomic E-state index is 0.0825. The number of carbonyl (C=O) groups is 1. The first-order valence-corrected chi connectivity index (χ1v) is 9.31. The molecule has 0 radical (unpaired) electrons. The molecular formula is C22H18N6O. The lowest BCUT2D eigenvalue weighted by atomic mass is 10.1. The van der Waals surface area contributed by atoms with Crippen molar-refractivity contribution in [2.24, 2.45) is 0 Å². The minimum Gasteiger partial charge on any atom is -0.324 e. The summed E-state index contributed by atoms with van der Waals surface area (Å²) in [6.45, 7) is 2.11. The number of anilines is 1. The van der Waals surface area contributed by atoms with E-state index in [1.165, 1.54) is 0 Å². The summed E-state index contributed by atoms with van der Waals surface area (Å²) in [7, 11) is 0. The second-order valence-corrected chi connectivity index (χ2v) is 6.88. The van der Waals surface area contributed by atoms with E-state index in [-0.39, 0.29) is 12.5 Å². The van der Waals surface area contributed by atoms with Crippen LogP contribution in [0, 0.1) is 6.92 Å². The Balaban J connectivity index is 1.44. The first-order chi connectivity index (χ1) is 14.2. The van der Waals surface area contributed by atoms with Crippen molar-refractivity contribution in [2.45, 2.75) is 13.5 Å². The molecule has 0 bridgehead atoms. The fourth-order valence-corrected chi connectivity index (χ4v) is 3.46. The van der Waals surface area contributed by atoms with Gasteiger partial charge in [-0.3, -0.25) is 4.79 Å². The lowest BCUT2D eigenvalue weighted by Crippen LogP contribution is -2.20. The highest BCUT2D eigenvalue weighted by Gasteiger charge is 2.14. The number of pyridine rings is 1. The average molecular weight is 382 g/mol. The highest BCUT2D eigenvalue weighted by molar-refractivity contribution is 5.95. The third-order valence-corrected chi connectivity index (χ3v) is 4.87. The third-order valence-electron chi connectivity index (χ3n) is 4.87. The molecular weight excluding hydrogens is 364 g/mol. The van der Waals surface area contributed by atoms with Gasteiger partial charge in [-0.1, -0.05) is 41.6 Å². The molecule has 29 heavy (non-hydrogen) atoms. The van der Waals surface area contributed by atoms with Crippen molar-refractivity contribution in [2.75, 3.05) is 5.32 Å². The third kappa shape index (κ3) is 3.12. The lowest BCUT2D eigenvalue weighted by molar-refractivity contribution is -0.116. The first kappa shape index (κ1) is 17.1. The number of hydrogen-bond donors (Lipinski definition) is 1. The summed E-state index contributed by atoms with van der Waals surface area (Å²) in [5.41, 5.74) is 5.97.